The summed E-state index contributed by atoms with van der Waals surface area (Å²) in [6.07, 6.45) is 3.80. The summed E-state index contributed by atoms with van der Waals surface area (Å²) in [6.45, 7) is 0.163. The van der Waals surface area contributed by atoms with Crippen LogP contribution in [0.1, 0.15) is 24.3 Å². The second-order valence-corrected chi connectivity index (χ2v) is 9.66. The van der Waals surface area contributed by atoms with Gasteiger partial charge in [-0.25, -0.2) is 32.7 Å². The summed E-state index contributed by atoms with van der Waals surface area (Å²) in [7, 11) is -4.01. The van der Waals surface area contributed by atoms with Crippen LogP contribution >= 0.6 is 0 Å². The molecule has 188 valence electrons. The quantitative estimate of drug-likeness (QED) is 0.194. The van der Waals surface area contributed by atoms with E-state index in [9.17, 15) is 27.7 Å². The SMILES string of the molecule is NS(=O)(=O)c1ccc(Nc2ncc(C3CC(COC(=O)Oc4ccc([N+](=O)[O-])cc4)C3)cn2)c(F)c1. The van der Waals surface area contributed by atoms with Crippen molar-refractivity contribution in [3.63, 3.8) is 0 Å². The van der Waals surface area contributed by atoms with Crippen LogP contribution in [-0.2, 0) is 14.8 Å². The van der Waals surface area contributed by atoms with E-state index in [1.165, 1.54) is 36.4 Å². The number of ether oxygens (including phenoxy) is 2. The van der Waals surface area contributed by atoms with E-state index in [0.717, 1.165) is 24.5 Å². The number of anilines is 2. The summed E-state index contributed by atoms with van der Waals surface area (Å²) >= 11 is 0. The summed E-state index contributed by atoms with van der Waals surface area (Å²) in [5.41, 5.74) is 0.752. The molecule has 0 spiro atoms. The van der Waals surface area contributed by atoms with Crippen molar-refractivity contribution in [2.45, 2.75) is 23.7 Å². The molecule has 0 unspecified atom stereocenters. The van der Waals surface area contributed by atoms with Crippen molar-refractivity contribution < 1.29 is 32.0 Å². The normalized spacial score (nSPS) is 17.1. The van der Waals surface area contributed by atoms with Gasteiger partial charge < -0.3 is 14.8 Å². The Kier molecular flexibility index (Phi) is 7.07. The molecule has 0 radical (unpaired) electrons. The number of non-ortho nitro benzene ring substituents is 1. The van der Waals surface area contributed by atoms with Gasteiger partial charge in [-0.15, -0.1) is 0 Å². The smallest absolute Gasteiger partial charge is 0.434 e. The predicted molar refractivity (Wildman–Crippen MR) is 124 cm³/mol. The summed E-state index contributed by atoms with van der Waals surface area (Å²) in [6, 6.07) is 8.29. The standard InChI is InChI=1S/C22H20FN5O7S/c23-19-9-18(36(24,32)33)5-6-20(19)27-21-25-10-15(11-26-21)14-7-13(8-14)12-34-22(29)35-17-3-1-16(2-4-17)28(30)31/h1-6,9-11,13-14H,7-8,12H2,(H2,24,32,33)(H,25,26,27). The number of carbonyl (C=O) groups is 1. The molecule has 0 saturated heterocycles. The Morgan fingerprint density at radius 2 is 1.83 bits per heavy atom. The van der Waals surface area contributed by atoms with Crippen LogP contribution in [0.5, 0.6) is 5.75 Å². The molecule has 2 aromatic carbocycles. The Bertz CT molecular complexity index is 1380. The highest BCUT2D eigenvalue weighted by Gasteiger charge is 2.32. The highest BCUT2D eigenvalue weighted by Crippen LogP contribution is 2.41. The Labute approximate surface area is 204 Å². The lowest BCUT2D eigenvalue weighted by atomic mass is 9.72. The van der Waals surface area contributed by atoms with Gasteiger partial charge in [0.2, 0.25) is 16.0 Å². The van der Waals surface area contributed by atoms with E-state index in [1.54, 1.807) is 12.4 Å². The highest BCUT2D eigenvalue weighted by molar-refractivity contribution is 7.89. The number of carbonyl (C=O) groups excluding carboxylic acids is 1. The number of hydrogen-bond donors (Lipinski definition) is 2. The average molecular weight is 517 g/mol. The van der Waals surface area contributed by atoms with Crippen LogP contribution in [0.4, 0.5) is 26.5 Å². The maximum atomic E-state index is 14.2. The molecular weight excluding hydrogens is 497 g/mol. The molecule has 1 fully saturated rings. The number of nitrogens with one attached hydrogen (secondary N) is 1. The molecule has 1 heterocycles. The maximum Gasteiger partial charge on any atom is 0.513 e. The fourth-order valence-electron chi connectivity index (χ4n) is 3.60. The van der Waals surface area contributed by atoms with E-state index < -0.39 is 26.9 Å². The number of hydrogen-bond acceptors (Lipinski definition) is 10. The monoisotopic (exact) mass is 517 g/mol. The molecule has 1 aliphatic rings. The third kappa shape index (κ3) is 6.09. The first-order valence-corrected chi connectivity index (χ1v) is 12.1. The van der Waals surface area contributed by atoms with Crippen LogP contribution in [0.3, 0.4) is 0 Å². The molecule has 0 atom stereocenters. The van der Waals surface area contributed by atoms with Gasteiger partial charge in [0, 0.05) is 24.5 Å². The molecule has 12 nitrogen and oxygen atoms in total. The van der Waals surface area contributed by atoms with Crippen molar-refractivity contribution in [2.24, 2.45) is 11.1 Å². The number of nitrogens with zero attached hydrogens (tertiary/aromatic N) is 3. The molecule has 3 aromatic rings. The second-order valence-electron chi connectivity index (χ2n) is 8.10. The van der Waals surface area contributed by atoms with Crippen LogP contribution in [0.2, 0.25) is 0 Å². The number of nitro groups is 1. The summed E-state index contributed by atoms with van der Waals surface area (Å²) in [5, 5.41) is 18.3. The van der Waals surface area contributed by atoms with Gasteiger partial charge in [0.1, 0.15) is 11.6 Å². The van der Waals surface area contributed by atoms with Gasteiger partial charge in [0.25, 0.3) is 5.69 Å². The van der Waals surface area contributed by atoms with E-state index in [0.29, 0.717) is 0 Å². The van der Waals surface area contributed by atoms with Gasteiger partial charge in [-0.1, -0.05) is 0 Å². The third-order valence-electron chi connectivity index (χ3n) is 5.58. The van der Waals surface area contributed by atoms with Gasteiger partial charge in [-0.3, -0.25) is 10.1 Å². The third-order valence-corrected chi connectivity index (χ3v) is 6.49. The topological polar surface area (TPSA) is 177 Å². The zero-order valence-electron chi connectivity index (χ0n) is 18.5. The Morgan fingerprint density at radius 1 is 1.17 bits per heavy atom. The highest BCUT2D eigenvalue weighted by atomic mass is 32.2. The van der Waals surface area contributed by atoms with Gasteiger partial charge >= 0.3 is 6.16 Å². The molecule has 1 aliphatic carbocycles. The Hall–Kier alpha value is -4.17. The molecule has 3 N–H and O–H groups in total. The minimum Gasteiger partial charge on any atom is -0.434 e. The summed E-state index contributed by atoms with van der Waals surface area (Å²) in [4.78, 5) is 29.9. The van der Waals surface area contributed by atoms with E-state index in [-0.39, 0.29) is 46.4 Å². The van der Waals surface area contributed by atoms with Gasteiger partial charge in [-0.2, -0.15) is 0 Å². The van der Waals surface area contributed by atoms with Gasteiger partial charge in [0.15, 0.2) is 0 Å². The van der Waals surface area contributed by atoms with Crippen molar-refractivity contribution in [1.82, 2.24) is 9.97 Å². The number of sulfonamides is 1. The fourth-order valence-corrected chi connectivity index (χ4v) is 4.12. The lowest BCUT2D eigenvalue weighted by Gasteiger charge is -2.34. The van der Waals surface area contributed by atoms with Gasteiger partial charge in [0.05, 0.1) is 22.1 Å². The number of aromatic nitrogens is 2. The van der Waals surface area contributed by atoms with E-state index in [1.807, 2.05) is 0 Å². The minimum absolute atomic E-state index is 0.00313. The Morgan fingerprint density at radius 3 is 2.42 bits per heavy atom. The van der Waals surface area contributed by atoms with Crippen LogP contribution in [0.25, 0.3) is 0 Å². The molecule has 4 rings (SSSR count). The molecular formula is C22H20FN5O7S. The molecule has 0 amide bonds. The molecule has 36 heavy (non-hydrogen) atoms. The number of primary sulfonamides is 1. The molecule has 0 bridgehead atoms. The number of rotatable bonds is 8. The van der Waals surface area contributed by atoms with Crippen molar-refractivity contribution in [3.05, 3.63) is 76.4 Å². The van der Waals surface area contributed by atoms with Crippen molar-refractivity contribution in [2.75, 3.05) is 11.9 Å². The first kappa shape index (κ1) is 24.9. The molecule has 0 aliphatic heterocycles. The zero-order chi connectivity index (χ0) is 25.9. The van der Waals surface area contributed by atoms with Crippen LogP contribution in [-0.4, -0.2) is 36.1 Å². The zero-order valence-corrected chi connectivity index (χ0v) is 19.4. The fraction of sp³-hybridized carbons (Fsp3) is 0.227. The second kappa shape index (κ2) is 10.2. The number of benzene rings is 2. The Balaban J connectivity index is 1.22. The van der Waals surface area contributed by atoms with E-state index >= 15 is 0 Å². The predicted octanol–water partition coefficient (Wildman–Crippen LogP) is 3.62. The number of nitrogens with two attached hydrogens (primary N) is 1. The maximum absolute atomic E-state index is 14.2. The van der Waals surface area contributed by atoms with Crippen molar-refractivity contribution in [3.8, 4) is 5.75 Å². The van der Waals surface area contributed by atoms with Crippen LogP contribution in [0, 0.1) is 21.8 Å². The van der Waals surface area contributed by atoms with Crippen LogP contribution < -0.4 is 15.2 Å². The van der Waals surface area contributed by atoms with Crippen LogP contribution in [0.15, 0.2) is 59.8 Å². The summed E-state index contributed by atoms with van der Waals surface area (Å²) in [5.74, 6) is -0.242. The number of halogens is 1. The first-order chi connectivity index (χ1) is 17.1. The average Bonchev–Trinajstić information content (AvgIpc) is 2.80. The number of nitro benzene ring substituents is 1. The minimum atomic E-state index is -4.01. The van der Waals surface area contributed by atoms with Gasteiger partial charge in [-0.05, 0) is 60.6 Å². The van der Waals surface area contributed by atoms with E-state index in [4.69, 9.17) is 14.6 Å². The molecule has 1 aromatic heterocycles. The largest absolute Gasteiger partial charge is 0.513 e. The molecule has 14 heteroatoms. The molecule has 1 saturated carbocycles. The van der Waals surface area contributed by atoms with E-state index in [2.05, 4.69) is 15.3 Å². The summed E-state index contributed by atoms with van der Waals surface area (Å²) < 4.78 is 46.9. The van der Waals surface area contributed by atoms with Crippen molar-refractivity contribution in [1.29, 1.82) is 0 Å². The lowest BCUT2D eigenvalue weighted by molar-refractivity contribution is -0.384. The van der Waals surface area contributed by atoms with Crippen molar-refractivity contribution >= 4 is 33.5 Å². The first-order valence-electron chi connectivity index (χ1n) is 10.6. The lowest BCUT2D eigenvalue weighted by Crippen LogP contribution is -2.28.